The van der Waals surface area contributed by atoms with Crippen LogP contribution >= 0.6 is 11.6 Å². The second-order valence-corrected chi connectivity index (χ2v) is 4.91. The highest BCUT2D eigenvalue weighted by atomic mass is 35.5. The lowest BCUT2D eigenvalue weighted by Gasteiger charge is -2.09. The van der Waals surface area contributed by atoms with Crippen molar-refractivity contribution < 1.29 is 0 Å². The fourth-order valence-corrected chi connectivity index (χ4v) is 2.34. The standard InChI is InChI=1S/C16H14ClN3/c17-14-6-8-15(9-7-14)20-16(13(10-18)11-19-20)12-4-2-1-3-5-12/h1-9,11H,10,18H2. The van der Waals surface area contributed by atoms with E-state index in [1.54, 1.807) is 0 Å². The first-order chi connectivity index (χ1) is 9.79. The Hall–Kier alpha value is -2.10. The van der Waals surface area contributed by atoms with E-state index in [0.717, 1.165) is 22.5 Å². The summed E-state index contributed by atoms with van der Waals surface area (Å²) >= 11 is 5.94. The molecular formula is C16H14ClN3. The Morgan fingerprint density at radius 2 is 1.70 bits per heavy atom. The number of halogens is 1. The van der Waals surface area contributed by atoms with Gasteiger partial charge in [-0.05, 0) is 24.3 Å². The normalized spacial score (nSPS) is 10.7. The summed E-state index contributed by atoms with van der Waals surface area (Å²) in [5.74, 6) is 0. The summed E-state index contributed by atoms with van der Waals surface area (Å²) in [6.07, 6.45) is 1.82. The van der Waals surface area contributed by atoms with Gasteiger partial charge in [0.2, 0.25) is 0 Å². The third kappa shape index (κ3) is 2.33. The molecule has 1 heterocycles. The molecule has 3 aromatic rings. The third-order valence-electron chi connectivity index (χ3n) is 3.18. The molecular weight excluding hydrogens is 270 g/mol. The quantitative estimate of drug-likeness (QED) is 0.797. The van der Waals surface area contributed by atoms with Gasteiger partial charge in [-0.15, -0.1) is 0 Å². The molecule has 3 rings (SSSR count). The zero-order chi connectivity index (χ0) is 13.9. The van der Waals surface area contributed by atoms with E-state index in [2.05, 4.69) is 17.2 Å². The number of rotatable bonds is 3. The predicted octanol–water partition coefficient (Wildman–Crippen LogP) is 3.65. The zero-order valence-electron chi connectivity index (χ0n) is 10.8. The van der Waals surface area contributed by atoms with Gasteiger partial charge in [-0.1, -0.05) is 41.9 Å². The van der Waals surface area contributed by atoms with Crippen LogP contribution in [0.4, 0.5) is 0 Å². The van der Waals surface area contributed by atoms with Gasteiger partial charge in [0, 0.05) is 22.7 Å². The molecule has 3 nitrogen and oxygen atoms in total. The molecule has 0 amide bonds. The molecule has 0 saturated carbocycles. The first kappa shape index (κ1) is 12.9. The Labute approximate surface area is 122 Å². The minimum absolute atomic E-state index is 0.456. The van der Waals surface area contributed by atoms with Crippen molar-refractivity contribution in [2.24, 2.45) is 5.73 Å². The summed E-state index contributed by atoms with van der Waals surface area (Å²) in [5, 5.41) is 5.17. The zero-order valence-corrected chi connectivity index (χ0v) is 11.6. The highest BCUT2D eigenvalue weighted by molar-refractivity contribution is 6.30. The maximum Gasteiger partial charge on any atom is 0.0785 e. The predicted molar refractivity (Wildman–Crippen MR) is 81.9 cm³/mol. The summed E-state index contributed by atoms with van der Waals surface area (Å²) < 4.78 is 1.90. The number of aromatic nitrogens is 2. The van der Waals surface area contributed by atoms with E-state index in [1.165, 1.54) is 0 Å². The number of nitrogens with zero attached hydrogens (tertiary/aromatic N) is 2. The highest BCUT2D eigenvalue weighted by Crippen LogP contribution is 2.26. The lowest BCUT2D eigenvalue weighted by atomic mass is 10.1. The van der Waals surface area contributed by atoms with E-state index in [0.29, 0.717) is 11.6 Å². The van der Waals surface area contributed by atoms with Gasteiger partial charge in [-0.2, -0.15) is 5.10 Å². The number of hydrogen-bond acceptors (Lipinski definition) is 2. The van der Waals surface area contributed by atoms with Crippen LogP contribution in [0.5, 0.6) is 0 Å². The van der Waals surface area contributed by atoms with Crippen molar-refractivity contribution in [3.63, 3.8) is 0 Å². The van der Waals surface area contributed by atoms with Crippen LogP contribution in [-0.2, 0) is 6.54 Å². The first-order valence-electron chi connectivity index (χ1n) is 6.38. The molecule has 0 spiro atoms. The Morgan fingerprint density at radius 1 is 1.00 bits per heavy atom. The molecule has 100 valence electrons. The van der Waals surface area contributed by atoms with Crippen molar-refractivity contribution in [2.45, 2.75) is 6.54 Å². The lowest BCUT2D eigenvalue weighted by molar-refractivity contribution is 0.887. The minimum Gasteiger partial charge on any atom is -0.326 e. The topological polar surface area (TPSA) is 43.8 Å². The van der Waals surface area contributed by atoms with Gasteiger partial charge < -0.3 is 5.73 Å². The van der Waals surface area contributed by atoms with Crippen molar-refractivity contribution in [1.29, 1.82) is 0 Å². The maximum atomic E-state index is 5.94. The van der Waals surface area contributed by atoms with Crippen LogP contribution in [0, 0.1) is 0 Å². The average molecular weight is 284 g/mol. The van der Waals surface area contributed by atoms with Gasteiger partial charge in [0.1, 0.15) is 0 Å². The molecule has 0 bridgehead atoms. The second-order valence-electron chi connectivity index (χ2n) is 4.48. The lowest BCUT2D eigenvalue weighted by Crippen LogP contribution is -2.02. The van der Waals surface area contributed by atoms with Crippen molar-refractivity contribution >= 4 is 11.6 Å². The van der Waals surface area contributed by atoms with Crippen LogP contribution in [0.15, 0.2) is 60.8 Å². The molecule has 0 saturated heterocycles. The third-order valence-corrected chi connectivity index (χ3v) is 3.44. The van der Waals surface area contributed by atoms with Gasteiger partial charge in [0.05, 0.1) is 17.6 Å². The number of hydrogen-bond donors (Lipinski definition) is 1. The van der Waals surface area contributed by atoms with E-state index in [-0.39, 0.29) is 0 Å². The molecule has 20 heavy (non-hydrogen) atoms. The maximum absolute atomic E-state index is 5.94. The summed E-state index contributed by atoms with van der Waals surface area (Å²) in [6, 6.07) is 17.7. The molecule has 0 aliphatic rings. The largest absolute Gasteiger partial charge is 0.326 e. The molecule has 4 heteroatoms. The van der Waals surface area contributed by atoms with Gasteiger partial charge in [-0.3, -0.25) is 0 Å². The van der Waals surface area contributed by atoms with Gasteiger partial charge in [0.25, 0.3) is 0 Å². The van der Waals surface area contributed by atoms with Gasteiger partial charge >= 0.3 is 0 Å². The average Bonchev–Trinajstić information content (AvgIpc) is 2.93. The van der Waals surface area contributed by atoms with Crippen LogP contribution < -0.4 is 5.73 Å². The van der Waals surface area contributed by atoms with Crippen molar-refractivity contribution in [2.75, 3.05) is 0 Å². The number of benzene rings is 2. The summed E-state index contributed by atoms with van der Waals surface area (Å²) in [7, 11) is 0. The minimum atomic E-state index is 0.456. The monoisotopic (exact) mass is 283 g/mol. The van der Waals surface area contributed by atoms with E-state index in [9.17, 15) is 0 Å². The van der Waals surface area contributed by atoms with Crippen LogP contribution in [0.3, 0.4) is 0 Å². The van der Waals surface area contributed by atoms with Crippen molar-refractivity contribution in [1.82, 2.24) is 9.78 Å². The summed E-state index contributed by atoms with van der Waals surface area (Å²) in [6.45, 7) is 0.456. The van der Waals surface area contributed by atoms with E-state index in [1.807, 2.05) is 53.3 Å². The smallest absolute Gasteiger partial charge is 0.0785 e. The van der Waals surface area contributed by atoms with E-state index >= 15 is 0 Å². The fourth-order valence-electron chi connectivity index (χ4n) is 2.21. The molecule has 0 fully saturated rings. The van der Waals surface area contributed by atoms with Crippen LogP contribution in [-0.4, -0.2) is 9.78 Å². The Kier molecular flexibility index (Phi) is 3.54. The van der Waals surface area contributed by atoms with E-state index < -0.39 is 0 Å². The Morgan fingerprint density at radius 3 is 2.35 bits per heavy atom. The van der Waals surface area contributed by atoms with Crippen LogP contribution in [0.1, 0.15) is 5.56 Å². The Balaban J connectivity index is 2.17. The summed E-state index contributed by atoms with van der Waals surface area (Å²) in [5.41, 5.74) is 9.94. The van der Waals surface area contributed by atoms with Gasteiger partial charge in [0.15, 0.2) is 0 Å². The van der Waals surface area contributed by atoms with Crippen LogP contribution in [0.25, 0.3) is 16.9 Å². The second kappa shape index (κ2) is 5.49. The molecule has 0 unspecified atom stereocenters. The molecule has 0 aliphatic carbocycles. The van der Waals surface area contributed by atoms with Crippen molar-refractivity contribution in [3.8, 4) is 16.9 Å². The molecule has 1 aromatic heterocycles. The van der Waals surface area contributed by atoms with Gasteiger partial charge in [-0.25, -0.2) is 4.68 Å². The first-order valence-corrected chi connectivity index (χ1v) is 6.75. The highest BCUT2D eigenvalue weighted by Gasteiger charge is 2.13. The molecule has 0 aliphatic heterocycles. The SMILES string of the molecule is NCc1cnn(-c2ccc(Cl)cc2)c1-c1ccccc1. The molecule has 0 radical (unpaired) electrons. The van der Waals surface area contributed by atoms with Crippen LogP contribution in [0.2, 0.25) is 5.02 Å². The number of nitrogens with two attached hydrogens (primary N) is 1. The molecule has 2 aromatic carbocycles. The molecule has 0 atom stereocenters. The molecule has 2 N–H and O–H groups in total. The fraction of sp³-hybridized carbons (Fsp3) is 0.0625. The van der Waals surface area contributed by atoms with E-state index in [4.69, 9.17) is 17.3 Å². The summed E-state index contributed by atoms with van der Waals surface area (Å²) in [4.78, 5) is 0. The Bertz CT molecular complexity index is 702. The van der Waals surface area contributed by atoms with Crippen molar-refractivity contribution in [3.05, 3.63) is 71.4 Å².